The van der Waals surface area contributed by atoms with Crippen LogP contribution in [0.1, 0.15) is 63.6 Å². The number of pyridine rings is 1. The van der Waals surface area contributed by atoms with Crippen LogP contribution in [0.4, 0.5) is 20.4 Å². The van der Waals surface area contributed by atoms with E-state index in [4.69, 9.17) is 9.97 Å². The number of benzene rings is 2. The number of rotatable bonds is 7. The number of carbonyl (C=O) groups excluding carboxylic acids is 4. The van der Waals surface area contributed by atoms with Crippen LogP contribution >= 0.6 is 0 Å². The van der Waals surface area contributed by atoms with Gasteiger partial charge in [-0.3, -0.25) is 34.3 Å². The zero-order chi connectivity index (χ0) is 37.1. The summed E-state index contributed by atoms with van der Waals surface area (Å²) in [6.45, 7) is 4.15. The van der Waals surface area contributed by atoms with Crippen LogP contribution in [0.2, 0.25) is 0 Å². The predicted molar refractivity (Wildman–Crippen MR) is 193 cm³/mol. The molecular formula is C39H35F2N9O4. The van der Waals surface area contributed by atoms with E-state index in [-0.39, 0.29) is 30.0 Å². The minimum atomic E-state index is -0.997. The molecule has 54 heavy (non-hydrogen) atoms. The molecular weight excluding hydrogens is 696 g/mol. The first-order valence-corrected chi connectivity index (χ1v) is 18.1. The number of fused-ring (bicyclic) bond motifs is 2. The number of aromatic nitrogens is 4. The first kappa shape index (κ1) is 33.7. The van der Waals surface area contributed by atoms with Gasteiger partial charge in [0, 0.05) is 57.4 Å². The lowest BCUT2D eigenvalue weighted by Gasteiger charge is -2.35. The van der Waals surface area contributed by atoms with Crippen LogP contribution in [0.3, 0.4) is 0 Å². The summed E-state index contributed by atoms with van der Waals surface area (Å²) in [6.07, 6.45) is 5.27. The van der Waals surface area contributed by atoms with Gasteiger partial charge >= 0.3 is 0 Å². The van der Waals surface area contributed by atoms with Crippen molar-refractivity contribution in [3.63, 3.8) is 0 Å². The van der Waals surface area contributed by atoms with Gasteiger partial charge in [0.05, 0.1) is 34.6 Å². The van der Waals surface area contributed by atoms with Crippen molar-refractivity contribution in [2.75, 3.05) is 42.5 Å². The number of carbonyl (C=O) groups is 4. The number of hydrogen-bond donors (Lipinski definition) is 1. The topological polar surface area (TPSA) is 136 Å². The molecule has 3 saturated heterocycles. The largest absolute Gasteiger partial charge is 0.354 e. The lowest BCUT2D eigenvalue weighted by Crippen LogP contribution is -2.54. The Labute approximate surface area is 308 Å². The second-order valence-electron chi connectivity index (χ2n) is 14.1. The maximum absolute atomic E-state index is 14.8. The predicted octanol–water partition coefficient (Wildman–Crippen LogP) is 4.13. The average molecular weight is 732 g/mol. The molecule has 3 aromatic heterocycles. The molecule has 3 fully saturated rings. The summed E-state index contributed by atoms with van der Waals surface area (Å²) in [5, 5.41) is 6.74. The van der Waals surface area contributed by atoms with Crippen molar-refractivity contribution in [1.29, 1.82) is 0 Å². The molecule has 0 saturated carbocycles. The van der Waals surface area contributed by atoms with Crippen molar-refractivity contribution in [1.82, 2.24) is 34.7 Å². The highest BCUT2D eigenvalue weighted by molar-refractivity contribution is 6.23. The maximum Gasteiger partial charge on any atom is 0.262 e. The van der Waals surface area contributed by atoms with Crippen LogP contribution in [-0.4, -0.2) is 91.8 Å². The third-order valence-corrected chi connectivity index (χ3v) is 10.8. The monoisotopic (exact) mass is 731 g/mol. The summed E-state index contributed by atoms with van der Waals surface area (Å²) >= 11 is 0. The van der Waals surface area contributed by atoms with Crippen molar-refractivity contribution in [3.05, 3.63) is 107 Å². The normalized spacial score (nSPS) is 20.7. The molecule has 4 amide bonds. The number of amides is 4. The Morgan fingerprint density at radius 2 is 1.61 bits per heavy atom. The Bertz CT molecular complexity index is 2360. The van der Waals surface area contributed by atoms with E-state index in [1.54, 1.807) is 22.8 Å². The fraction of sp³-hybridized carbons (Fsp3) is 0.308. The second kappa shape index (κ2) is 13.4. The van der Waals surface area contributed by atoms with E-state index in [1.807, 2.05) is 41.4 Å². The summed E-state index contributed by atoms with van der Waals surface area (Å²) in [4.78, 5) is 67.9. The van der Waals surface area contributed by atoms with Gasteiger partial charge in [-0.1, -0.05) is 12.1 Å². The Hall–Kier alpha value is -6.09. The fourth-order valence-electron chi connectivity index (χ4n) is 8.09. The molecule has 4 aliphatic rings. The Morgan fingerprint density at radius 1 is 0.778 bits per heavy atom. The van der Waals surface area contributed by atoms with E-state index in [9.17, 15) is 28.0 Å². The molecule has 9 rings (SSSR count). The number of anilines is 2. The highest BCUT2D eigenvalue weighted by atomic mass is 19.1. The molecule has 0 bridgehead atoms. The Kier molecular flexibility index (Phi) is 8.37. The van der Waals surface area contributed by atoms with Gasteiger partial charge in [0.1, 0.15) is 29.3 Å². The zero-order valence-corrected chi connectivity index (χ0v) is 29.1. The number of piperazine rings is 1. The Morgan fingerprint density at radius 3 is 2.44 bits per heavy atom. The van der Waals surface area contributed by atoms with Gasteiger partial charge in [-0.2, -0.15) is 5.10 Å². The molecule has 274 valence electrons. The number of nitrogens with zero attached hydrogens (tertiary/aromatic N) is 8. The van der Waals surface area contributed by atoms with Crippen LogP contribution in [0.15, 0.2) is 73.1 Å². The summed E-state index contributed by atoms with van der Waals surface area (Å²) < 4.78 is 30.6. The van der Waals surface area contributed by atoms with Gasteiger partial charge in [0.2, 0.25) is 11.8 Å². The van der Waals surface area contributed by atoms with Crippen LogP contribution in [-0.2, 0) is 16.1 Å². The molecule has 0 radical (unpaired) electrons. The minimum Gasteiger partial charge on any atom is -0.354 e. The number of hydrogen-bond acceptors (Lipinski definition) is 10. The molecule has 1 unspecified atom stereocenters. The number of imide groups is 2. The van der Waals surface area contributed by atoms with Gasteiger partial charge < -0.3 is 9.80 Å². The number of piperidine rings is 1. The quantitative estimate of drug-likeness (QED) is 0.244. The molecule has 0 spiro atoms. The van der Waals surface area contributed by atoms with Crippen molar-refractivity contribution in [3.8, 4) is 11.3 Å². The molecule has 2 atom stereocenters. The lowest BCUT2D eigenvalue weighted by molar-refractivity contribution is -0.136. The van der Waals surface area contributed by atoms with Crippen molar-refractivity contribution in [2.24, 2.45) is 0 Å². The zero-order valence-electron chi connectivity index (χ0n) is 29.1. The van der Waals surface area contributed by atoms with Crippen LogP contribution in [0.25, 0.3) is 16.9 Å². The fourth-order valence-corrected chi connectivity index (χ4v) is 8.09. The molecule has 1 N–H and O–H groups in total. The third-order valence-electron chi connectivity index (χ3n) is 10.8. The van der Waals surface area contributed by atoms with Crippen LogP contribution in [0, 0.1) is 11.6 Å². The van der Waals surface area contributed by atoms with E-state index in [0.29, 0.717) is 55.3 Å². The third kappa shape index (κ3) is 5.93. The molecule has 2 aromatic carbocycles. The first-order valence-electron chi connectivity index (χ1n) is 18.1. The van der Waals surface area contributed by atoms with E-state index >= 15 is 0 Å². The molecule has 4 aliphatic heterocycles. The summed E-state index contributed by atoms with van der Waals surface area (Å²) in [5.74, 6) is -1.49. The van der Waals surface area contributed by atoms with E-state index in [2.05, 4.69) is 20.2 Å². The van der Waals surface area contributed by atoms with Crippen LogP contribution < -0.4 is 15.1 Å². The molecule has 15 heteroatoms. The number of nitrogens with one attached hydrogen (secondary N) is 1. The van der Waals surface area contributed by atoms with Gasteiger partial charge in [0.15, 0.2) is 5.65 Å². The smallest absolute Gasteiger partial charge is 0.262 e. The molecule has 5 aromatic rings. The van der Waals surface area contributed by atoms with Crippen molar-refractivity contribution in [2.45, 2.75) is 44.3 Å². The number of halogens is 2. The minimum absolute atomic E-state index is 0.0727. The first-order chi connectivity index (χ1) is 26.2. The van der Waals surface area contributed by atoms with E-state index in [0.717, 1.165) is 47.4 Å². The average Bonchev–Trinajstić information content (AvgIpc) is 3.90. The summed E-state index contributed by atoms with van der Waals surface area (Å²) in [6, 6.07) is 15.2. The van der Waals surface area contributed by atoms with Crippen LogP contribution in [0.5, 0.6) is 0 Å². The van der Waals surface area contributed by atoms with E-state index in [1.165, 1.54) is 12.1 Å². The highest BCUT2D eigenvalue weighted by Crippen LogP contribution is 2.37. The highest BCUT2D eigenvalue weighted by Gasteiger charge is 2.44. The van der Waals surface area contributed by atoms with E-state index < -0.39 is 41.3 Å². The lowest BCUT2D eigenvalue weighted by atomic mass is 10.0. The molecule has 13 nitrogen and oxygen atoms in total. The molecule has 0 aliphatic carbocycles. The summed E-state index contributed by atoms with van der Waals surface area (Å²) in [7, 11) is 0. The van der Waals surface area contributed by atoms with Crippen molar-refractivity contribution < 1.29 is 28.0 Å². The van der Waals surface area contributed by atoms with Gasteiger partial charge in [0.25, 0.3) is 11.8 Å². The second-order valence-corrected chi connectivity index (χ2v) is 14.1. The van der Waals surface area contributed by atoms with Gasteiger partial charge in [-0.25, -0.2) is 23.3 Å². The summed E-state index contributed by atoms with van der Waals surface area (Å²) in [5.41, 5.74) is 3.84. The van der Waals surface area contributed by atoms with Gasteiger partial charge in [-0.15, -0.1) is 0 Å². The Balaban J connectivity index is 0.876. The van der Waals surface area contributed by atoms with Gasteiger partial charge in [-0.05, 0) is 73.4 Å². The standard InChI is InChI=1S/C39H35F2N9O4/c40-24-7-9-29(41)27(20-24)31-4-2-13-48(31)34-12-14-49-36(44-34)28(21-42-49)30-3-1-5-33(43-30)47-17-15-46(16-18-47)22-23-6-8-25-26(19-23)39(54)50(38(25)53)32-10-11-35(51)45-37(32)52/h1,3,5-9,12,14,19-21,31-32H,2,4,10-11,13,15-18,22H2,(H,45,51,52)/t31-,32?/m1/s1. The SMILES string of the molecule is O=C1CCC(N2C(=O)c3ccc(CN4CCN(c5cccc(-c6cnn7ccc(N8CCC[C@@H]8c8cc(F)ccc8F)nc67)n5)CC4)cc3C2=O)C(=O)N1. The molecule has 7 heterocycles. The van der Waals surface area contributed by atoms with Crippen molar-refractivity contribution >= 4 is 40.9 Å². The maximum atomic E-state index is 14.8.